The Morgan fingerprint density at radius 3 is 2.18 bits per heavy atom. The van der Waals surface area contributed by atoms with Gasteiger partial charge in [-0.3, -0.25) is 4.79 Å². The van der Waals surface area contributed by atoms with Gasteiger partial charge in [0.25, 0.3) is 0 Å². The lowest BCUT2D eigenvalue weighted by Crippen LogP contribution is -2.49. The van der Waals surface area contributed by atoms with Crippen molar-refractivity contribution in [2.24, 2.45) is 0 Å². The van der Waals surface area contributed by atoms with Crippen molar-refractivity contribution < 1.29 is 24.2 Å². The van der Waals surface area contributed by atoms with Gasteiger partial charge in [-0.25, -0.2) is 9.59 Å². The van der Waals surface area contributed by atoms with Crippen LogP contribution in [0, 0.1) is 0 Å². The van der Waals surface area contributed by atoms with Crippen molar-refractivity contribution in [2.45, 2.75) is 39.3 Å². The zero-order valence-corrected chi connectivity index (χ0v) is 10.4. The van der Waals surface area contributed by atoms with Gasteiger partial charge in [-0.1, -0.05) is 0 Å². The van der Waals surface area contributed by atoms with Gasteiger partial charge in [0.1, 0.15) is 11.6 Å². The van der Waals surface area contributed by atoms with Crippen LogP contribution in [0.25, 0.3) is 0 Å². The van der Waals surface area contributed by atoms with Crippen molar-refractivity contribution in [2.75, 3.05) is 6.54 Å². The molecular formula is C10H18N2O5. The maximum absolute atomic E-state index is 11.3. The molecule has 98 valence electrons. The molecule has 0 fully saturated rings. The number of carbonyl (C=O) groups excluding carboxylic acids is 2. The Balaban J connectivity index is 4.30. The van der Waals surface area contributed by atoms with Gasteiger partial charge in [0.15, 0.2) is 0 Å². The number of hydrogen-bond donors (Lipinski definition) is 3. The zero-order chi connectivity index (χ0) is 13.6. The minimum absolute atomic E-state index is 0.191. The van der Waals surface area contributed by atoms with Crippen LogP contribution < -0.4 is 10.6 Å². The van der Waals surface area contributed by atoms with E-state index >= 15 is 0 Å². The summed E-state index contributed by atoms with van der Waals surface area (Å²) in [5.74, 6) is -1.62. The number of amides is 2. The smallest absolute Gasteiger partial charge is 0.408 e. The van der Waals surface area contributed by atoms with Crippen LogP contribution in [0.4, 0.5) is 4.79 Å². The standard InChI is InChI=1S/C10H18N2O5/c1-6(13)11-5-7(8(14)15)12-9(16)17-10(2,3)4/h7H,5H2,1-4H3,(H,11,13)(H,12,16)(H,14,15)/t7-/m0/s1. The Labute approximate surface area is 99.5 Å². The van der Waals surface area contributed by atoms with E-state index in [4.69, 9.17) is 9.84 Å². The van der Waals surface area contributed by atoms with Crippen molar-refractivity contribution in [3.05, 3.63) is 0 Å². The van der Waals surface area contributed by atoms with Crippen molar-refractivity contribution in [3.63, 3.8) is 0 Å². The monoisotopic (exact) mass is 246 g/mol. The fourth-order valence-corrected chi connectivity index (χ4v) is 0.896. The van der Waals surface area contributed by atoms with Gasteiger partial charge < -0.3 is 20.5 Å². The number of rotatable bonds is 4. The molecule has 0 aliphatic carbocycles. The average molecular weight is 246 g/mol. The van der Waals surface area contributed by atoms with Crippen molar-refractivity contribution >= 4 is 18.0 Å². The maximum Gasteiger partial charge on any atom is 0.408 e. The van der Waals surface area contributed by atoms with Gasteiger partial charge in [-0.2, -0.15) is 0 Å². The lowest BCUT2D eigenvalue weighted by Gasteiger charge is -2.22. The molecule has 0 aromatic carbocycles. The van der Waals surface area contributed by atoms with Gasteiger partial charge in [-0.15, -0.1) is 0 Å². The van der Waals surface area contributed by atoms with E-state index in [2.05, 4.69) is 10.6 Å². The molecule has 0 unspecified atom stereocenters. The summed E-state index contributed by atoms with van der Waals surface area (Å²) >= 11 is 0. The molecule has 0 bridgehead atoms. The predicted molar refractivity (Wildman–Crippen MR) is 59.5 cm³/mol. The Hall–Kier alpha value is -1.79. The molecule has 0 heterocycles. The normalized spacial score (nSPS) is 12.5. The van der Waals surface area contributed by atoms with Crippen LogP contribution in [-0.2, 0) is 14.3 Å². The molecule has 0 aliphatic rings. The van der Waals surface area contributed by atoms with Gasteiger partial charge in [-0.05, 0) is 20.8 Å². The molecule has 7 heteroatoms. The second kappa shape index (κ2) is 6.07. The van der Waals surface area contributed by atoms with Crippen LogP contribution in [0.1, 0.15) is 27.7 Å². The summed E-state index contributed by atoms with van der Waals surface area (Å²) in [7, 11) is 0. The van der Waals surface area contributed by atoms with Crippen LogP contribution in [0.5, 0.6) is 0 Å². The van der Waals surface area contributed by atoms with E-state index in [0.29, 0.717) is 0 Å². The Morgan fingerprint density at radius 1 is 1.29 bits per heavy atom. The highest BCUT2D eigenvalue weighted by Gasteiger charge is 2.23. The number of ether oxygens (including phenoxy) is 1. The van der Waals surface area contributed by atoms with Gasteiger partial charge in [0.2, 0.25) is 5.91 Å². The molecule has 0 aromatic heterocycles. The summed E-state index contributed by atoms with van der Waals surface area (Å²) < 4.78 is 4.90. The first-order valence-corrected chi connectivity index (χ1v) is 5.08. The largest absolute Gasteiger partial charge is 0.480 e. The second-order valence-corrected chi connectivity index (χ2v) is 4.47. The van der Waals surface area contributed by atoms with Crippen molar-refractivity contribution in [1.82, 2.24) is 10.6 Å². The fourth-order valence-electron chi connectivity index (χ4n) is 0.896. The average Bonchev–Trinajstić information content (AvgIpc) is 2.08. The van der Waals surface area contributed by atoms with Crippen LogP contribution in [0.3, 0.4) is 0 Å². The third-order valence-corrected chi connectivity index (χ3v) is 1.54. The van der Waals surface area contributed by atoms with E-state index in [9.17, 15) is 14.4 Å². The molecule has 7 nitrogen and oxygen atoms in total. The topological polar surface area (TPSA) is 105 Å². The van der Waals surface area contributed by atoms with Crippen LogP contribution >= 0.6 is 0 Å². The van der Waals surface area contributed by atoms with Gasteiger partial charge in [0, 0.05) is 13.5 Å². The third kappa shape index (κ3) is 8.06. The second-order valence-electron chi connectivity index (χ2n) is 4.47. The lowest BCUT2D eigenvalue weighted by atomic mass is 10.2. The summed E-state index contributed by atoms with van der Waals surface area (Å²) in [6.45, 7) is 6.05. The number of aliphatic carboxylic acids is 1. The SMILES string of the molecule is CC(=O)NC[C@H](NC(=O)OC(C)(C)C)C(=O)O. The fraction of sp³-hybridized carbons (Fsp3) is 0.700. The first-order chi connectivity index (χ1) is 7.61. The maximum atomic E-state index is 11.3. The molecular weight excluding hydrogens is 228 g/mol. The van der Waals surface area contributed by atoms with E-state index in [1.54, 1.807) is 20.8 Å². The van der Waals surface area contributed by atoms with Crippen molar-refractivity contribution in [3.8, 4) is 0 Å². The molecule has 0 aromatic rings. The van der Waals surface area contributed by atoms with E-state index in [-0.39, 0.29) is 12.5 Å². The summed E-state index contributed by atoms with van der Waals surface area (Å²) in [6, 6.07) is -1.21. The molecule has 2 amide bonds. The summed E-state index contributed by atoms with van der Waals surface area (Å²) in [5, 5.41) is 13.3. The zero-order valence-electron chi connectivity index (χ0n) is 10.4. The number of carboxylic acid groups (broad SMARTS) is 1. The van der Waals surface area contributed by atoms with E-state index in [1.807, 2.05) is 0 Å². The van der Waals surface area contributed by atoms with Crippen LogP contribution in [0.15, 0.2) is 0 Å². The molecule has 0 saturated carbocycles. The first kappa shape index (κ1) is 15.2. The molecule has 0 spiro atoms. The minimum Gasteiger partial charge on any atom is -0.480 e. The number of hydrogen-bond acceptors (Lipinski definition) is 4. The Bertz CT molecular complexity index is 308. The molecule has 0 aliphatic heterocycles. The molecule has 17 heavy (non-hydrogen) atoms. The number of alkyl carbamates (subject to hydrolysis) is 1. The van der Waals surface area contributed by atoms with E-state index in [0.717, 1.165) is 0 Å². The van der Waals surface area contributed by atoms with Gasteiger partial charge >= 0.3 is 12.1 Å². The molecule has 0 rings (SSSR count). The highest BCUT2D eigenvalue weighted by atomic mass is 16.6. The lowest BCUT2D eigenvalue weighted by molar-refractivity contribution is -0.139. The minimum atomic E-state index is -1.25. The summed E-state index contributed by atoms with van der Waals surface area (Å²) in [5.41, 5.74) is -0.707. The Morgan fingerprint density at radius 2 is 1.82 bits per heavy atom. The molecule has 0 radical (unpaired) electrons. The summed E-state index contributed by atoms with van der Waals surface area (Å²) in [4.78, 5) is 32.7. The predicted octanol–water partition coefficient (Wildman–Crippen LogP) is 0.100. The molecule has 1 atom stereocenters. The Kier molecular flexibility index (Phi) is 5.43. The van der Waals surface area contributed by atoms with Crippen LogP contribution in [-0.4, -0.2) is 41.3 Å². The number of carboxylic acids is 1. The highest BCUT2D eigenvalue weighted by Crippen LogP contribution is 2.06. The highest BCUT2D eigenvalue weighted by molar-refractivity contribution is 5.81. The van der Waals surface area contributed by atoms with Gasteiger partial charge in [0.05, 0.1) is 0 Å². The van der Waals surface area contributed by atoms with Crippen LogP contribution in [0.2, 0.25) is 0 Å². The third-order valence-electron chi connectivity index (χ3n) is 1.54. The van der Waals surface area contributed by atoms with E-state index < -0.39 is 23.7 Å². The summed E-state index contributed by atoms with van der Waals surface area (Å²) in [6.07, 6.45) is -0.838. The van der Waals surface area contributed by atoms with Crippen molar-refractivity contribution in [1.29, 1.82) is 0 Å². The van der Waals surface area contributed by atoms with E-state index in [1.165, 1.54) is 6.92 Å². The number of carbonyl (C=O) groups is 3. The quantitative estimate of drug-likeness (QED) is 0.652. The molecule has 0 saturated heterocycles. The first-order valence-electron chi connectivity index (χ1n) is 5.08. The molecule has 3 N–H and O–H groups in total. The number of nitrogens with one attached hydrogen (secondary N) is 2.